The quantitative estimate of drug-likeness (QED) is 0.821. The van der Waals surface area contributed by atoms with Gasteiger partial charge in [-0.2, -0.15) is 11.8 Å². The van der Waals surface area contributed by atoms with E-state index in [0.717, 1.165) is 25.3 Å². The van der Waals surface area contributed by atoms with Crippen molar-refractivity contribution in [3.63, 3.8) is 0 Å². The third kappa shape index (κ3) is 4.20. The Morgan fingerprint density at radius 3 is 2.96 bits per heavy atom. The van der Waals surface area contributed by atoms with Gasteiger partial charge in [0.2, 0.25) is 6.79 Å². The van der Waals surface area contributed by atoms with E-state index in [1.54, 1.807) is 6.07 Å². The molecule has 0 saturated carbocycles. The van der Waals surface area contributed by atoms with Crippen molar-refractivity contribution in [2.45, 2.75) is 43.5 Å². The largest absolute Gasteiger partial charge is 0.484 e. The van der Waals surface area contributed by atoms with Gasteiger partial charge in [0.05, 0.1) is 6.17 Å². The highest BCUT2D eigenvalue weighted by Crippen LogP contribution is 2.35. The fraction of sp³-hybridized carbons (Fsp3) is 0.632. The summed E-state index contributed by atoms with van der Waals surface area (Å²) in [5, 5.41) is 4.06. The zero-order chi connectivity index (χ0) is 17.8. The predicted molar refractivity (Wildman–Crippen MR) is 101 cm³/mol. The highest BCUT2D eigenvalue weighted by Gasteiger charge is 2.29. The summed E-state index contributed by atoms with van der Waals surface area (Å²) >= 11 is 1.99. The smallest absolute Gasteiger partial charge is 0.261 e. The minimum absolute atomic E-state index is 0.0505. The SMILES string of the molecule is O=C(COc1ccc2c(c1)OCO2)N(CC1CCCS1)C1CCCCN1. The van der Waals surface area contributed by atoms with Crippen LogP contribution in [0, 0.1) is 0 Å². The van der Waals surface area contributed by atoms with Crippen molar-refractivity contribution in [2.75, 3.05) is 32.2 Å². The van der Waals surface area contributed by atoms with E-state index in [-0.39, 0.29) is 25.5 Å². The summed E-state index contributed by atoms with van der Waals surface area (Å²) < 4.78 is 16.4. The van der Waals surface area contributed by atoms with Gasteiger partial charge < -0.3 is 19.1 Å². The predicted octanol–water partition coefficient (Wildman–Crippen LogP) is 2.62. The molecule has 2 saturated heterocycles. The van der Waals surface area contributed by atoms with Gasteiger partial charge in [0, 0.05) is 17.9 Å². The number of carbonyl (C=O) groups excluding carboxylic acids is 1. The molecule has 4 rings (SSSR count). The molecule has 2 fully saturated rings. The van der Waals surface area contributed by atoms with E-state index in [4.69, 9.17) is 14.2 Å². The Morgan fingerprint density at radius 1 is 1.23 bits per heavy atom. The van der Waals surface area contributed by atoms with Crippen molar-refractivity contribution in [1.82, 2.24) is 10.2 Å². The monoisotopic (exact) mass is 378 g/mol. The maximum absolute atomic E-state index is 12.9. The van der Waals surface area contributed by atoms with Crippen molar-refractivity contribution in [1.29, 1.82) is 0 Å². The van der Waals surface area contributed by atoms with Crippen LogP contribution < -0.4 is 19.5 Å². The lowest BCUT2D eigenvalue weighted by Crippen LogP contribution is -2.53. The fourth-order valence-corrected chi connectivity index (χ4v) is 4.97. The first-order chi connectivity index (χ1) is 12.8. The molecule has 1 aromatic rings. The number of piperidine rings is 1. The van der Waals surface area contributed by atoms with E-state index in [1.807, 2.05) is 28.8 Å². The molecule has 0 bridgehead atoms. The van der Waals surface area contributed by atoms with Gasteiger partial charge in [0.25, 0.3) is 5.91 Å². The van der Waals surface area contributed by atoms with Gasteiger partial charge in [-0.3, -0.25) is 10.1 Å². The normalized spacial score (nSPS) is 24.5. The molecule has 3 aliphatic rings. The highest BCUT2D eigenvalue weighted by molar-refractivity contribution is 8.00. The lowest BCUT2D eigenvalue weighted by molar-refractivity contribution is -0.137. The molecule has 26 heavy (non-hydrogen) atoms. The van der Waals surface area contributed by atoms with Crippen LogP contribution in [0.25, 0.3) is 0 Å². The summed E-state index contributed by atoms with van der Waals surface area (Å²) in [6, 6.07) is 5.42. The molecule has 0 radical (unpaired) electrons. The summed E-state index contributed by atoms with van der Waals surface area (Å²) in [5.41, 5.74) is 0. The Labute approximate surface area is 158 Å². The van der Waals surface area contributed by atoms with E-state index < -0.39 is 0 Å². The van der Waals surface area contributed by atoms with Gasteiger partial charge in [-0.1, -0.05) is 0 Å². The van der Waals surface area contributed by atoms with Crippen LogP contribution in [0.3, 0.4) is 0 Å². The molecule has 1 amide bonds. The van der Waals surface area contributed by atoms with Crippen LogP contribution >= 0.6 is 11.8 Å². The van der Waals surface area contributed by atoms with Crippen molar-refractivity contribution in [3.05, 3.63) is 18.2 Å². The summed E-state index contributed by atoms with van der Waals surface area (Å²) in [6.07, 6.45) is 5.96. The van der Waals surface area contributed by atoms with E-state index >= 15 is 0 Å². The summed E-state index contributed by atoms with van der Waals surface area (Å²) in [4.78, 5) is 14.9. The molecule has 1 N–H and O–H groups in total. The number of rotatable bonds is 6. The number of nitrogens with one attached hydrogen (secondary N) is 1. The zero-order valence-corrected chi connectivity index (χ0v) is 15.8. The van der Waals surface area contributed by atoms with Crippen LogP contribution in [0.15, 0.2) is 18.2 Å². The molecule has 0 aliphatic carbocycles. The van der Waals surface area contributed by atoms with Gasteiger partial charge in [-0.25, -0.2) is 0 Å². The summed E-state index contributed by atoms with van der Waals surface area (Å²) in [7, 11) is 0. The summed E-state index contributed by atoms with van der Waals surface area (Å²) in [5.74, 6) is 3.28. The topological polar surface area (TPSA) is 60.0 Å². The highest BCUT2D eigenvalue weighted by atomic mass is 32.2. The molecule has 142 valence electrons. The standard InChI is InChI=1S/C19H26N2O4S/c22-19(12-23-14-6-7-16-17(10-14)25-13-24-16)21(11-15-4-3-9-26-15)18-5-1-2-8-20-18/h6-7,10,15,18,20H,1-5,8-9,11-13H2. The third-order valence-electron chi connectivity index (χ3n) is 5.11. The lowest BCUT2D eigenvalue weighted by atomic mass is 10.1. The first-order valence-electron chi connectivity index (χ1n) is 9.46. The van der Waals surface area contributed by atoms with Crippen LogP contribution in [0.2, 0.25) is 0 Å². The first-order valence-corrected chi connectivity index (χ1v) is 10.5. The number of nitrogens with zero attached hydrogens (tertiary/aromatic N) is 1. The van der Waals surface area contributed by atoms with E-state index in [1.165, 1.54) is 31.4 Å². The van der Waals surface area contributed by atoms with E-state index in [2.05, 4.69) is 5.32 Å². The number of hydrogen-bond acceptors (Lipinski definition) is 6. The third-order valence-corrected chi connectivity index (χ3v) is 6.49. The molecule has 3 heterocycles. The van der Waals surface area contributed by atoms with E-state index in [9.17, 15) is 4.79 Å². The van der Waals surface area contributed by atoms with Crippen molar-refractivity contribution in [3.8, 4) is 17.2 Å². The summed E-state index contributed by atoms with van der Waals surface area (Å²) in [6.45, 7) is 2.08. The van der Waals surface area contributed by atoms with Crippen molar-refractivity contribution < 1.29 is 19.0 Å². The number of carbonyl (C=O) groups is 1. The van der Waals surface area contributed by atoms with Gasteiger partial charge in [-0.15, -0.1) is 0 Å². The maximum Gasteiger partial charge on any atom is 0.261 e. The van der Waals surface area contributed by atoms with Crippen LogP contribution in [0.5, 0.6) is 17.2 Å². The number of thioether (sulfide) groups is 1. The Bertz CT molecular complexity index is 630. The second kappa shape index (κ2) is 8.39. The molecule has 2 unspecified atom stereocenters. The minimum Gasteiger partial charge on any atom is -0.484 e. The molecule has 7 heteroatoms. The van der Waals surface area contributed by atoms with Crippen molar-refractivity contribution >= 4 is 17.7 Å². The Morgan fingerprint density at radius 2 is 2.15 bits per heavy atom. The molecule has 0 spiro atoms. The Balaban J connectivity index is 1.38. The van der Waals surface area contributed by atoms with Crippen LogP contribution in [-0.2, 0) is 4.79 Å². The van der Waals surface area contributed by atoms with Gasteiger partial charge in [0.15, 0.2) is 18.1 Å². The fourth-order valence-electron chi connectivity index (χ4n) is 3.70. The molecular weight excluding hydrogens is 352 g/mol. The van der Waals surface area contributed by atoms with Crippen LogP contribution in [0.1, 0.15) is 32.1 Å². The maximum atomic E-state index is 12.9. The molecule has 0 aromatic heterocycles. The number of amides is 1. The molecule has 1 aromatic carbocycles. The number of benzene rings is 1. The van der Waals surface area contributed by atoms with E-state index in [0.29, 0.717) is 16.7 Å². The lowest BCUT2D eigenvalue weighted by Gasteiger charge is -2.36. The first kappa shape index (κ1) is 17.8. The zero-order valence-electron chi connectivity index (χ0n) is 14.9. The number of hydrogen-bond donors (Lipinski definition) is 1. The van der Waals surface area contributed by atoms with Gasteiger partial charge in [-0.05, 0) is 56.5 Å². The molecular formula is C19H26N2O4S. The Hall–Kier alpha value is -1.60. The average molecular weight is 378 g/mol. The molecule has 2 atom stereocenters. The average Bonchev–Trinajstić information content (AvgIpc) is 3.36. The van der Waals surface area contributed by atoms with Crippen LogP contribution in [0.4, 0.5) is 0 Å². The second-order valence-electron chi connectivity index (χ2n) is 6.95. The van der Waals surface area contributed by atoms with Gasteiger partial charge in [0.1, 0.15) is 5.75 Å². The molecule has 6 nitrogen and oxygen atoms in total. The van der Waals surface area contributed by atoms with Crippen molar-refractivity contribution in [2.24, 2.45) is 0 Å². The Kier molecular flexibility index (Phi) is 5.75. The van der Waals surface area contributed by atoms with Gasteiger partial charge >= 0.3 is 0 Å². The second-order valence-corrected chi connectivity index (χ2v) is 8.36. The molecule has 3 aliphatic heterocycles. The number of ether oxygens (including phenoxy) is 3. The van der Waals surface area contributed by atoms with Crippen LogP contribution in [-0.4, -0.2) is 54.5 Å². The minimum atomic E-state index is 0.0505. The number of fused-ring (bicyclic) bond motifs is 1.